The Hall–Kier alpha value is -3.33. The summed E-state index contributed by atoms with van der Waals surface area (Å²) in [6, 6.07) is 0. The van der Waals surface area contributed by atoms with Gasteiger partial charge in [-0.05, 0) is 18.9 Å². The maximum absolute atomic E-state index is 15.0. The molecule has 1 amide bonds. The first-order valence-corrected chi connectivity index (χ1v) is 9.53. The minimum atomic E-state index is -1.09. The molecule has 10 heteroatoms. The summed E-state index contributed by atoms with van der Waals surface area (Å²) in [5.74, 6) is -1.35. The molecule has 2 atom stereocenters. The summed E-state index contributed by atoms with van der Waals surface area (Å²) in [7, 11) is 0. The fourth-order valence-corrected chi connectivity index (χ4v) is 3.80. The van der Waals surface area contributed by atoms with E-state index >= 15 is 4.39 Å². The van der Waals surface area contributed by atoms with Crippen molar-refractivity contribution in [2.45, 2.75) is 19.5 Å². The standard InChI is InChI=1S/C20H15ClF2N6O/c1-8(2)15-18(23)17(21)16(10-4-25-28-19(10)15)12-6-29-7-13(26-14(29)5-24-12)27-20(30)9-3-11(9)22/h4-7,9,11H,1,3H2,2H3,(H,25,28)(H,27,30)/t9-,11+/m1/s1. The summed E-state index contributed by atoms with van der Waals surface area (Å²) < 4.78 is 29.7. The van der Waals surface area contributed by atoms with Crippen molar-refractivity contribution in [3.8, 4) is 11.3 Å². The number of amides is 1. The third-order valence-electron chi connectivity index (χ3n) is 5.12. The molecule has 0 spiro atoms. The van der Waals surface area contributed by atoms with Crippen molar-refractivity contribution in [3.63, 3.8) is 0 Å². The third kappa shape index (κ3) is 2.85. The van der Waals surface area contributed by atoms with Gasteiger partial charge in [-0.1, -0.05) is 18.2 Å². The van der Waals surface area contributed by atoms with Crippen LogP contribution in [0.2, 0.25) is 5.02 Å². The van der Waals surface area contributed by atoms with Crippen LogP contribution in [-0.2, 0) is 4.79 Å². The number of carbonyl (C=O) groups excluding carboxylic acids is 1. The molecule has 1 fully saturated rings. The molecule has 7 nitrogen and oxygen atoms in total. The molecule has 0 aliphatic heterocycles. The van der Waals surface area contributed by atoms with E-state index < -0.39 is 23.8 Å². The SMILES string of the molecule is C=C(C)c1c(F)c(Cl)c(-c2cn3cc(NC(=O)[C@@H]4C[C@@H]4F)nc3cn2)c2cn[nH]c12. The van der Waals surface area contributed by atoms with Crippen LogP contribution >= 0.6 is 11.6 Å². The molecule has 5 rings (SSSR count). The van der Waals surface area contributed by atoms with Gasteiger partial charge >= 0.3 is 0 Å². The van der Waals surface area contributed by atoms with Crippen molar-refractivity contribution in [1.29, 1.82) is 0 Å². The number of carbonyl (C=O) groups is 1. The predicted molar refractivity (Wildman–Crippen MR) is 109 cm³/mol. The molecule has 30 heavy (non-hydrogen) atoms. The number of nitrogens with one attached hydrogen (secondary N) is 2. The molecule has 2 N–H and O–H groups in total. The van der Waals surface area contributed by atoms with E-state index in [0.29, 0.717) is 33.4 Å². The number of anilines is 1. The summed E-state index contributed by atoms with van der Waals surface area (Å²) in [4.78, 5) is 20.6. The average molecular weight is 429 g/mol. The first-order chi connectivity index (χ1) is 14.3. The van der Waals surface area contributed by atoms with Crippen LogP contribution in [0.15, 0.2) is 31.4 Å². The van der Waals surface area contributed by atoms with Crippen LogP contribution in [0.5, 0.6) is 0 Å². The Kier molecular flexibility index (Phi) is 4.11. The molecule has 0 radical (unpaired) electrons. The Morgan fingerprint density at radius 2 is 2.17 bits per heavy atom. The molecule has 0 unspecified atom stereocenters. The van der Waals surface area contributed by atoms with Crippen molar-refractivity contribution in [1.82, 2.24) is 24.6 Å². The quantitative estimate of drug-likeness (QED) is 0.504. The van der Waals surface area contributed by atoms with Gasteiger partial charge in [-0.15, -0.1) is 0 Å². The van der Waals surface area contributed by atoms with E-state index in [0.717, 1.165) is 0 Å². The van der Waals surface area contributed by atoms with Gasteiger partial charge in [0.15, 0.2) is 17.3 Å². The Labute approximate surface area is 173 Å². The minimum Gasteiger partial charge on any atom is -0.309 e. The summed E-state index contributed by atoms with van der Waals surface area (Å²) in [5.41, 5.74) is 2.50. The predicted octanol–water partition coefficient (Wildman–Crippen LogP) is 4.39. The normalized spacial score (nSPS) is 18.1. The highest BCUT2D eigenvalue weighted by atomic mass is 35.5. The second kappa shape index (κ2) is 6.60. The zero-order valence-electron chi connectivity index (χ0n) is 15.7. The first-order valence-electron chi connectivity index (χ1n) is 9.15. The van der Waals surface area contributed by atoms with E-state index in [9.17, 15) is 9.18 Å². The number of hydrogen-bond acceptors (Lipinski definition) is 4. The molecule has 1 aliphatic rings. The van der Waals surface area contributed by atoms with Crippen LogP contribution in [0.1, 0.15) is 18.9 Å². The lowest BCUT2D eigenvalue weighted by molar-refractivity contribution is -0.117. The van der Waals surface area contributed by atoms with Gasteiger partial charge in [-0.3, -0.25) is 14.9 Å². The molecule has 3 heterocycles. The van der Waals surface area contributed by atoms with Crippen molar-refractivity contribution >= 4 is 45.4 Å². The van der Waals surface area contributed by atoms with E-state index in [1.807, 2.05) is 0 Å². The number of halogens is 3. The van der Waals surface area contributed by atoms with E-state index in [1.165, 1.54) is 6.20 Å². The van der Waals surface area contributed by atoms with Crippen LogP contribution in [-0.4, -0.2) is 36.6 Å². The second-order valence-electron chi connectivity index (χ2n) is 7.33. The number of nitrogens with zero attached hydrogens (tertiary/aromatic N) is 4. The zero-order valence-corrected chi connectivity index (χ0v) is 16.5. The van der Waals surface area contributed by atoms with Gasteiger partial charge in [0.05, 0.1) is 40.7 Å². The number of fused-ring (bicyclic) bond motifs is 2. The number of hydrogen-bond donors (Lipinski definition) is 2. The average Bonchev–Trinajstić information content (AvgIpc) is 3.08. The van der Waals surface area contributed by atoms with E-state index in [4.69, 9.17) is 11.6 Å². The Morgan fingerprint density at radius 3 is 2.87 bits per heavy atom. The molecular formula is C20H15ClF2N6O. The molecule has 1 aliphatic carbocycles. The summed E-state index contributed by atoms with van der Waals surface area (Å²) >= 11 is 6.38. The summed E-state index contributed by atoms with van der Waals surface area (Å²) in [6.45, 7) is 5.50. The Bertz CT molecular complexity index is 1360. The molecule has 0 bridgehead atoms. The van der Waals surface area contributed by atoms with Gasteiger partial charge < -0.3 is 9.72 Å². The van der Waals surface area contributed by atoms with E-state index in [2.05, 4.69) is 32.1 Å². The Balaban J connectivity index is 1.60. The fourth-order valence-electron chi connectivity index (χ4n) is 3.51. The maximum Gasteiger partial charge on any atom is 0.231 e. The maximum atomic E-state index is 15.0. The number of benzene rings is 1. The first kappa shape index (κ1) is 18.7. The van der Waals surface area contributed by atoms with Crippen molar-refractivity contribution in [2.24, 2.45) is 5.92 Å². The Morgan fingerprint density at radius 1 is 1.40 bits per heavy atom. The monoisotopic (exact) mass is 428 g/mol. The highest BCUT2D eigenvalue weighted by Gasteiger charge is 2.43. The molecule has 1 aromatic carbocycles. The lowest BCUT2D eigenvalue weighted by atomic mass is 9.99. The van der Waals surface area contributed by atoms with Crippen LogP contribution in [0.3, 0.4) is 0 Å². The van der Waals surface area contributed by atoms with Crippen LogP contribution in [0.25, 0.3) is 33.4 Å². The van der Waals surface area contributed by atoms with E-state index in [1.54, 1.807) is 29.9 Å². The molecule has 3 aromatic heterocycles. The second-order valence-corrected chi connectivity index (χ2v) is 7.71. The lowest BCUT2D eigenvalue weighted by Gasteiger charge is -2.12. The lowest BCUT2D eigenvalue weighted by Crippen LogP contribution is -2.15. The number of aromatic amines is 1. The highest BCUT2D eigenvalue weighted by molar-refractivity contribution is 6.35. The van der Waals surface area contributed by atoms with Gasteiger partial charge in [-0.25, -0.2) is 13.8 Å². The van der Waals surface area contributed by atoms with Crippen LogP contribution in [0, 0.1) is 11.7 Å². The summed E-state index contributed by atoms with van der Waals surface area (Å²) in [6.07, 6.45) is 5.37. The third-order valence-corrected chi connectivity index (χ3v) is 5.47. The van der Waals surface area contributed by atoms with Crippen LogP contribution in [0.4, 0.5) is 14.6 Å². The van der Waals surface area contributed by atoms with Gasteiger partial charge in [0, 0.05) is 22.7 Å². The molecular weight excluding hydrogens is 414 g/mol. The highest BCUT2D eigenvalue weighted by Crippen LogP contribution is 2.40. The smallest absolute Gasteiger partial charge is 0.231 e. The topological polar surface area (TPSA) is 88.0 Å². The number of aromatic nitrogens is 5. The number of alkyl halides is 1. The fraction of sp³-hybridized carbons (Fsp3) is 0.200. The molecule has 1 saturated carbocycles. The molecule has 4 aromatic rings. The van der Waals surface area contributed by atoms with Gasteiger partial charge in [0.2, 0.25) is 5.91 Å². The zero-order chi connectivity index (χ0) is 21.2. The summed E-state index contributed by atoms with van der Waals surface area (Å²) in [5, 5.41) is 9.93. The molecule has 0 saturated heterocycles. The van der Waals surface area contributed by atoms with Gasteiger partial charge in [0.1, 0.15) is 6.17 Å². The minimum absolute atomic E-state index is 0.0925. The van der Waals surface area contributed by atoms with Gasteiger partial charge in [0.25, 0.3) is 0 Å². The number of rotatable bonds is 4. The number of imidazole rings is 1. The number of H-pyrrole nitrogens is 1. The van der Waals surface area contributed by atoms with Crippen molar-refractivity contribution in [2.75, 3.05) is 5.32 Å². The molecule has 152 valence electrons. The number of allylic oxidation sites excluding steroid dienone is 1. The van der Waals surface area contributed by atoms with Crippen molar-refractivity contribution < 1.29 is 13.6 Å². The van der Waals surface area contributed by atoms with Gasteiger partial charge in [-0.2, -0.15) is 5.10 Å². The largest absolute Gasteiger partial charge is 0.309 e. The van der Waals surface area contributed by atoms with E-state index in [-0.39, 0.29) is 22.8 Å². The van der Waals surface area contributed by atoms with Crippen molar-refractivity contribution in [3.05, 3.63) is 47.8 Å². The van der Waals surface area contributed by atoms with Crippen LogP contribution < -0.4 is 5.32 Å².